The number of benzene rings is 1. The topological polar surface area (TPSA) is 54.4 Å². The number of carbonyl (C=O) groups excluding carboxylic acids is 1. The van der Waals surface area contributed by atoms with Crippen LogP contribution < -0.4 is 0 Å². The molecule has 1 aliphatic carbocycles. The molecule has 3 nitrogen and oxygen atoms in total. The van der Waals surface area contributed by atoms with Gasteiger partial charge in [0.1, 0.15) is 0 Å². The number of aliphatic carboxylic acids is 1. The fourth-order valence-corrected chi connectivity index (χ4v) is 2.38. The third-order valence-corrected chi connectivity index (χ3v) is 3.70. The maximum absolute atomic E-state index is 11.3. The molecule has 1 unspecified atom stereocenters. The molecule has 1 N–H and O–H groups in total. The van der Waals surface area contributed by atoms with Gasteiger partial charge in [-0.15, -0.1) is 0 Å². The van der Waals surface area contributed by atoms with E-state index < -0.39 is 5.97 Å². The molecule has 0 aromatic heterocycles. The molecular weight excluding hydrogens is 275 g/mol. The molecule has 1 aromatic carbocycles. The first-order valence-electron chi connectivity index (χ1n) is 5.41. The van der Waals surface area contributed by atoms with Crippen LogP contribution in [0.25, 0.3) is 0 Å². The average Bonchev–Trinajstić information content (AvgIpc) is 2.32. The van der Waals surface area contributed by atoms with Crippen LogP contribution in [-0.2, 0) is 9.59 Å². The number of allylic oxidation sites excluding steroid dienone is 1. The van der Waals surface area contributed by atoms with E-state index in [0.29, 0.717) is 22.9 Å². The van der Waals surface area contributed by atoms with E-state index in [1.165, 1.54) is 6.08 Å². The molecule has 0 spiro atoms. The van der Waals surface area contributed by atoms with Crippen molar-refractivity contribution in [3.8, 4) is 0 Å². The molecule has 0 saturated heterocycles. The maximum atomic E-state index is 11.3. The lowest BCUT2D eigenvalue weighted by Crippen LogP contribution is -2.18. The molecule has 0 bridgehead atoms. The van der Waals surface area contributed by atoms with Gasteiger partial charge in [0.15, 0.2) is 5.78 Å². The molecular formula is C13H10Cl2O3. The minimum absolute atomic E-state index is 0.115. The number of halogens is 2. The highest BCUT2D eigenvalue weighted by Crippen LogP contribution is 2.35. The Morgan fingerprint density at radius 1 is 1.28 bits per heavy atom. The summed E-state index contributed by atoms with van der Waals surface area (Å²) >= 11 is 11.7. The minimum atomic E-state index is -1.07. The van der Waals surface area contributed by atoms with Crippen molar-refractivity contribution in [3.05, 3.63) is 45.5 Å². The molecule has 0 heterocycles. The van der Waals surface area contributed by atoms with E-state index in [2.05, 4.69) is 0 Å². The highest BCUT2D eigenvalue weighted by molar-refractivity contribution is 6.42. The zero-order valence-electron chi connectivity index (χ0n) is 9.32. The summed E-state index contributed by atoms with van der Waals surface area (Å²) in [5, 5.41) is 9.94. The molecule has 2 rings (SSSR count). The van der Waals surface area contributed by atoms with Gasteiger partial charge in [-0.2, -0.15) is 0 Å². The van der Waals surface area contributed by atoms with Crippen LogP contribution in [0.1, 0.15) is 24.3 Å². The van der Waals surface area contributed by atoms with E-state index in [4.69, 9.17) is 28.3 Å². The van der Waals surface area contributed by atoms with Crippen molar-refractivity contribution in [1.82, 2.24) is 0 Å². The third-order valence-electron chi connectivity index (χ3n) is 2.96. The molecule has 1 atom stereocenters. The summed E-state index contributed by atoms with van der Waals surface area (Å²) in [4.78, 5) is 22.4. The monoisotopic (exact) mass is 284 g/mol. The van der Waals surface area contributed by atoms with Crippen LogP contribution in [0.5, 0.6) is 0 Å². The zero-order valence-corrected chi connectivity index (χ0v) is 10.8. The molecule has 1 aromatic rings. The smallest absolute Gasteiger partial charge is 0.332 e. The third kappa shape index (κ3) is 2.57. The Kier molecular flexibility index (Phi) is 3.73. The molecule has 0 fully saturated rings. The predicted octanol–water partition coefficient (Wildman–Crippen LogP) is 3.45. The lowest BCUT2D eigenvalue weighted by Gasteiger charge is -2.21. The van der Waals surface area contributed by atoms with Crippen molar-refractivity contribution in [3.63, 3.8) is 0 Å². The van der Waals surface area contributed by atoms with Crippen molar-refractivity contribution < 1.29 is 14.7 Å². The second-order valence-electron chi connectivity index (χ2n) is 4.14. The Morgan fingerprint density at radius 3 is 2.61 bits per heavy atom. The highest BCUT2D eigenvalue weighted by atomic mass is 35.5. The first-order valence-corrected chi connectivity index (χ1v) is 6.17. The van der Waals surface area contributed by atoms with Crippen molar-refractivity contribution in [2.24, 2.45) is 0 Å². The van der Waals surface area contributed by atoms with E-state index in [1.54, 1.807) is 18.2 Å². The second-order valence-corrected chi connectivity index (χ2v) is 4.95. The molecule has 18 heavy (non-hydrogen) atoms. The molecule has 0 amide bonds. The van der Waals surface area contributed by atoms with Gasteiger partial charge in [0, 0.05) is 17.9 Å². The zero-order chi connectivity index (χ0) is 13.3. The van der Waals surface area contributed by atoms with Crippen LogP contribution in [0.15, 0.2) is 29.8 Å². The van der Waals surface area contributed by atoms with Crippen LogP contribution >= 0.6 is 23.2 Å². The molecule has 0 saturated carbocycles. The lowest BCUT2D eigenvalue weighted by molar-refractivity contribution is -0.133. The number of hydrogen-bond acceptors (Lipinski definition) is 2. The molecule has 5 heteroatoms. The summed E-state index contributed by atoms with van der Waals surface area (Å²) in [6.45, 7) is 0. The number of carboxylic acid groups (broad SMARTS) is 1. The molecule has 1 aliphatic rings. The number of rotatable bonds is 2. The summed E-state index contributed by atoms with van der Waals surface area (Å²) in [5.41, 5.74) is 0.884. The van der Waals surface area contributed by atoms with Crippen LogP contribution in [0, 0.1) is 0 Å². The fraction of sp³-hybridized carbons (Fsp3) is 0.231. The van der Waals surface area contributed by atoms with Crippen molar-refractivity contribution in [2.75, 3.05) is 0 Å². The van der Waals surface area contributed by atoms with E-state index >= 15 is 0 Å². The summed E-state index contributed by atoms with van der Waals surface area (Å²) in [6.07, 6.45) is 2.04. The van der Waals surface area contributed by atoms with Gasteiger partial charge in [-0.3, -0.25) is 4.79 Å². The Labute approximate surface area is 114 Å². The largest absolute Gasteiger partial charge is 0.478 e. The maximum Gasteiger partial charge on any atom is 0.332 e. The van der Waals surface area contributed by atoms with E-state index in [-0.39, 0.29) is 17.3 Å². The van der Waals surface area contributed by atoms with E-state index in [0.717, 1.165) is 5.56 Å². The van der Waals surface area contributed by atoms with Gasteiger partial charge in [0.2, 0.25) is 0 Å². The van der Waals surface area contributed by atoms with E-state index in [1.807, 2.05) is 0 Å². The average molecular weight is 285 g/mol. The van der Waals surface area contributed by atoms with Crippen LogP contribution in [0.3, 0.4) is 0 Å². The summed E-state index contributed by atoms with van der Waals surface area (Å²) < 4.78 is 0. The quantitative estimate of drug-likeness (QED) is 0.905. The predicted molar refractivity (Wildman–Crippen MR) is 69.2 cm³/mol. The normalized spacial score (nSPS) is 19.6. The highest BCUT2D eigenvalue weighted by Gasteiger charge is 2.27. The van der Waals surface area contributed by atoms with Crippen LogP contribution in [0.2, 0.25) is 10.0 Å². The van der Waals surface area contributed by atoms with Gasteiger partial charge < -0.3 is 5.11 Å². The van der Waals surface area contributed by atoms with Crippen LogP contribution in [-0.4, -0.2) is 16.9 Å². The molecule has 0 radical (unpaired) electrons. The molecule has 94 valence electrons. The summed E-state index contributed by atoms with van der Waals surface area (Å²) in [6, 6.07) is 5.03. The van der Waals surface area contributed by atoms with E-state index in [9.17, 15) is 9.59 Å². The minimum Gasteiger partial charge on any atom is -0.478 e. The summed E-state index contributed by atoms with van der Waals surface area (Å²) in [5.74, 6) is -1.53. The first kappa shape index (κ1) is 13.1. The standard InChI is InChI=1S/C13H10Cl2O3/c14-11-4-1-7(5-12(11)15)9-3-2-8(16)6-10(9)13(17)18/h1,4-6,9H,2-3H2,(H,17,18). The van der Waals surface area contributed by atoms with Gasteiger partial charge in [-0.25, -0.2) is 4.79 Å². The Balaban J connectivity index is 2.42. The first-order chi connectivity index (χ1) is 8.49. The Bertz CT molecular complexity index is 549. The fourth-order valence-electron chi connectivity index (χ4n) is 2.07. The van der Waals surface area contributed by atoms with Gasteiger partial charge >= 0.3 is 5.97 Å². The van der Waals surface area contributed by atoms with Gasteiger partial charge in [-0.05, 0) is 30.2 Å². The van der Waals surface area contributed by atoms with Crippen molar-refractivity contribution >= 4 is 35.0 Å². The lowest BCUT2D eigenvalue weighted by atomic mass is 9.82. The van der Waals surface area contributed by atoms with Crippen LogP contribution in [0.4, 0.5) is 0 Å². The number of carboxylic acids is 1. The van der Waals surface area contributed by atoms with Gasteiger partial charge in [0.25, 0.3) is 0 Å². The van der Waals surface area contributed by atoms with Gasteiger partial charge in [0.05, 0.1) is 10.0 Å². The Morgan fingerprint density at radius 2 is 2.00 bits per heavy atom. The Hall–Kier alpha value is -1.32. The van der Waals surface area contributed by atoms with Crippen molar-refractivity contribution in [1.29, 1.82) is 0 Å². The molecule has 0 aliphatic heterocycles. The summed E-state index contributed by atoms with van der Waals surface area (Å²) in [7, 11) is 0. The number of ketones is 1. The number of hydrogen-bond donors (Lipinski definition) is 1. The van der Waals surface area contributed by atoms with Gasteiger partial charge in [-0.1, -0.05) is 29.3 Å². The SMILES string of the molecule is O=C1C=C(C(=O)O)C(c2ccc(Cl)c(Cl)c2)CC1. The van der Waals surface area contributed by atoms with Crippen molar-refractivity contribution in [2.45, 2.75) is 18.8 Å². The second kappa shape index (κ2) is 5.12. The number of carbonyl (C=O) groups is 2.